The standard InChI is InChI=1S/C16H18N2O2/c1-10-5-3-6-11(2)13(10)9-20-15-12(16(18)19)7-4-8-14(15)17/h3-8H,9,17H2,1-2H3,(H2,18,19). The Balaban J connectivity index is 2.30. The minimum Gasteiger partial charge on any atom is -0.486 e. The third-order valence-electron chi connectivity index (χ3n) is 3.32. The summed E-state index contributed by atoms with van der Waals surface area (Å²) in [6, 6.07) is 11.0. The van der Waals surface area contributed by atoms with Crippen molar-refractivity contribution >= 4 is 11.6 Å². The summed E-state index contributed by atoms with van der Waals surface area (Å²) in [6.07, 6.45) is 0. The van der Waals surface area contributed by atoms with E-state index < -0.39 is 5.91 Å². The monoisotopic (exact) mass is 270 g/mol. The summed E-state index contributed by atoms with van der Waals surface area (Å²) in [5, 5.41) is 0. The van der Waals surface area contributed by atoms with Gasteiger partial charge in [-0.2, -0.15) is 0 Å². The number of hydrogen-bond acceptors (Lipinski definition) is 3. The zero-order chi connectivity index (χ0) is 14.7. The Hall–Kier alpha value is -2.49. The molecule has 0 atom stereocenters. The van der Waals surface area contributed by atoms with Gasteiger partial charge in [-0.1, -0.05) is 24.3 Å². The Kier molecular flexibility index (Phi) is 3.94. The van der Waals surface area contributed by atoms with E-state index in [-0.39, 0.29) is 0 Å². The second-order valence-corrected chi connectivity index (χ2v) is 4.75. The van der Waals surface area contributed by atoms with Crippen LogP contribution in [0.1, 0.15) is 27.0 Å². The number of nitrogens with two attached hydrogens (primary N) is 2. The highest BCUT2D eigenvalue weighted by Gasteiger charge is 2.13. The zero-order valence-electron chi connectivity index (χ0n) is 11.6. The van der Waals surface area contributed by atoms with Crippen LogP contribution in [0, 0.1) is 13.8 Å². The molecule has 2 rings (SSSR count). The predicted molar refractivity (Wildman–Crippen MR) is 79.6 cm³/mol. The maximum Gasteiger partial charge on any atom is 0.252 e. The van der Waals surface area contributed by atoms with Crippen LogP contribution in [-0.2, 0) is 6.61 Å². The fourth-order valence-electron chi connectivity index (χ4n) is 2.13. The summed E-state index contributed by atoms with van der Waals surface area (Å²) in [5.41, 5.74) is 15.3. The molecule has 0 aromatic heterocycles. The van der Waals surface area contributed by atoms with E-state index in [1.54, 1.807) is 18.2 Å². The first-order chi connectivity index (χ1) is 9.50. The summed E-state index contributed by atoms with van der Waals surface area (Å²) >= 11 is 0. The molecule has 0 fully saturated rings. The number of primary amides is 1. The van der Waals surface area contributed by atoms with Crippen LogP contribution >= 0.6 is 0 Å². The summed E-state index contributed by atoms with van der Waals surface area (Å²) < 4.78 is 5.75. The zero-order valence-corrected chi connectivity index (χ0v) is 11.6. The summed E-state index contributed by atoms with van der Waals surface area (Å²) in [4.78, 5) is 11.4. The average Bonchev–Trinajstić information content (AvgIpc) is 2.39. The maximum absolute atomic E-state index is 11.4. The first-order valence-electron chi connectivity index (χ1n) is 6.37. The van der Waals surface area contributed by atoms with Crippen LogP contribution < -0.4 is 16.2 Å². The van der Waals surface area contributed by atoms with Crippen molar-refractivity contribution in [3.63, 3.8) is 0 Å². The number of amides is 1. The van der Waals surface area contributed by atoms with Crippen molar-refractivity contribution in [3.8, 4) is 5.75 Å². The molecular formula is C16H18N2O2. The van der Waals surface area contributed by atoms with Crippen molar-refractivity contribution in [3.05, 3.63) is 58.7 Å². The fourth-order valence-corrected chi connectivity index (χ4v) is 2.13. The molecule has 0 radical (unpaired) electrons. The van der Waals surface area contributed by atoms with E-state index in [2.05, 4.69) is 0 Å². The van der Waals surface area contributed by atoms with Crippen LogP contribution in [0.25, 0.3) is 0 Å². The highest BCUT2D eigenvalue weighted by Crippen LogP contribution is 2.27. The minimum atomic E-state index is -0.547. The molecule has 2 aromatic carbocycles. The molecule has 0 spiro atoms. The molecule has 0 aliphatic rings. The molecule has 0 heterocycles. The Bertz CT molecular complexity index is 631. The molecule has 0 unspecified atom stereocenters. The predicted octanol–water partition coefficient (Wildman–Crippen LogP) is 2.56. The summed E-state index contributed by atoms with van der Waals surface area (Å²) in [6.45, 7) is 4.40. The molecule has 0 bridgehead atoms. The van der Waals surface area contributed by atoms with Crippen molar-refractivity contribution in [1.29, 1.82) is 0 Å². The summed E-state index contributed by atoms with van der Waals surface area (Å²) in [5.74, 6) is -0.198. The molecule has 104 valence electrons. The van der Waals surface area contributed by atoms with Gasteiger partial charge < -0.3 is 16.2 Å². The molecule has 4 heteroatoms. The van der Waals surface area contributed by atoms with Crippen LogP contribution in [0.3, 0.4) is 0 Å². The molecule has 1 amide bonds. The third kappa shape index (κ3) is 2.74. The van der Waals surface area contributed by atoms with E-state index in [1.807, 2.05) is 32.0 Å². The Morgan fingerprint density at radius 3 is 2.30 bits per heavy atom. The lowest BCUT2D eigenvalue weighted by atomic mass is 10.0. The van der Waals surface area contributed by atoms with Crippen LogP contribution in [0.5, 0.6) is 5.75 Å². The first-order valence-corrected chi connectivity index (χ1v) is 6.37. The van der Waals surface area contributed by atoms with Gasteiger partial charge in [-0.15, -0.1) is 0 Å². The van der Waals surface area contributed by atoms with Gasteiger partial charge in [-0.3, -0.25) is 4.79 Å². The van der Waals surface area contributed by atoms with Crippen LogP contribution in [0.15, 0.2) is 36.4 Å². The van der Waals surface area contributed by atoms with Gasteiger partial charge in [0, 0.05) is 0 Å². The fraction of sp³-hybridized carbons (Fsp3) is 0.188. The number of carbonyl (C=O) groups is 1. The van der Waals surface area contributed by atoms with Crippen molar-refractivity contribution in [2.75, 3.05) is 5.73 Å². The lowest BCUT2D eigenvalue weighted by molar-refractivity contribution is 0.0996. The van der Waals surface area contributed by atoms with Gasteiger partial charge in [-0.25, -0.2) is 0 Å². The highest BCUT2D eigenvalue weighted by molar-refractivity contribution is 5.97. The second kappa shape index (κ2) is 5.65. The topological polar surface area (TPSA) is 78.3 Å². The van der Waals surface area contributed by atoms with E-state index >= 15 is 0 Å². The van der Waals surface area contributed by atoms with Crippen LogP contribution in [0.2, 0.25) is 0 Å². The molecule has 0 aliphatic carbocycles. The van der Waals surface area contributed by atoms with Gasteiger partial charge in [-0.05, 0) is 42.7 Å². The number of para-hydroxylation sites is 1. The van der Waals surface area contributed by atoms with Crippen molar-refractivity contribution < 1.29 is 9.53 Å². The largest absolute Gasteiger partial charge is 0.486 e. The van der Waals surface area contributed by atoms with E-state index in [4.69, 9.17) is 16.2 Å². The molecule has 4 N–H and O–H groups in total. The number of hydrogen-bond donors (Lipinski definition) is 2. The molecule has 0 aliphatic heterocycles. The number of aryl methyl sites for hydroxylation is 2. The number of nitrogen functional groups attached to an aromatic ring is 1. The smallest absolute Gasteiger partial charge is 0.252 e. The molecular weight excluding hydrogens is 252 g/mol. The highest BCUT2D eigenvalue weighted by atomic mass is 16.5. The number of rotatable bonds is 4. The van der Waals surface area contributed by atoms with Crippen LogP contribution in [-0.4, -0.2) is 5.91 Å². The Morgan fingerprint density at radius 2 is 1.70 bits per heavy atom. The lowest BCUT2D eigenvalue weighted by Gasteiger charge is -2.14. The first kappa shape index (κ1) is 13.9. The van der Waals surface area contributed by atoms with Gasteiger partial charge in [0.15, 0.2) is 5.75 Å². The third-order valence-corrected chi connectivity index (χ3v) is 3.32. The lowest BCUT2D eigenvalue weighted by Crippen LogP contribution is -2.14. The maximum atomic E-state index is 11.4. The number of anilines is 1. The number of benzene rings is 2. The van der Waals surface area contributed by atoms with E-state index in [0.29, 0.717) is 23.6 Å². The Labute approximate surface area is 118 Å². The molecule has 20 heavy (non-hydrogen) atoms. The number of carbonyl (C=O) groups excluding carboxylic acids is 1. The van der Waals surface area contributed by atoms with Gasteiger partial charge in [0.2, 0.25) is 0 Å². The molecule has 4 nitrogen and oxygen atoms in total. The molecule has 0 saturated carbocycles. The SMILES string of the molecule is Cc1cccc(C)c1COc1c(N)cccc1C(N)=O. The minimum absolute atomic E-state index is 0.302. The number of ether oxygens (including phenoxy) is 1. The van der Waals surface area contributed by atoms with Gasteiger partial charge >= 0.3 is 0 Å². The van der Waals surface area contributed by atoms with Crippen LogP contribution in [0.4, 0.5) is 5.69 Å². The van der Waals surface area contributed by atoms with E-state index in [0.717, 1.165) is 16.7 Å². The van der Waals surface area contributed by atoms with Crippen molar-refractivity contribution in [2.45, 2.75) is 20.5 Å². The second-order valence-electron chi connectivity index (χ2n) is 4.75. The Morgan fingerprint density at radius 1 is 1.10 bits per heavy atom. The molecule has 2 aromatic rings. The average molecular weight is 270 g/mol. The molecule has 0 saturated heterocycles. The van der Waals surface area contributed by atoms with Gasteiger partial charge in [0.05, 0.1) is 11.3 Å². The van der Waals surface area contributed by atoms with Crippen molar-refractivity contribution in [1.82, 2.24) is 0 Å². The van der Waals surface area contributed by atoms with E-state index in [9.17, 15) is 4.79 Å². The van der Waals surface area contributed by atoms with E-state index in [1.165, 1.54) is 0 Å². The van der Waals surface area contributed by atoms with Gasteiger partial charge in [0.1, 0.15) is 6.61 Å². The van der Waals surface area contributed by atoms with Gasteiger partial charge in [0.25, 0.3) is 5.91 Å². The normalized spacial score (nSPS) is 10.3. The quantitative estimate of drug-likeness (QED) is 0.838. The summed E-state index contributed by atoms with van der Waals surface area (Å²) in [7, 11) is 0. The van der Waals surface area contributed by atoms with Crippen molar-refractivity contribution in [2.24, 2.45) is 5.73 Å².